The molecule has 0 N–H and O–H groups in total. The summed E-state index contributed by atoms with van der Waals surface area (Å²) in [4.78, 5) is 14.3. The standard InChI is InChI=1S/C18H20BrNO2/c1-14(12-20(2)13-15-8-4-3-5-9-15)22-18(21)16-10-6-7-11-17(16)19/h3-11,14H,12-13H2,1-2H3. The van der Waals surface area contributed by atoms with Crippen LogP contribution in [-0.4, -0.2) is 30.6 Å². The van der Waals surface area contributed by atoms with Gasteiger partial charge in [-0.15, -0.1) is 0 Å². The van der Waals surface area contributed by atoms with Gasteiger partial charge in [-0.1, -0.05) is 42.5 Å². The minimum Gasteiger partial charge on any atom is -0.458 e. The number of carbonyl (C=O) groups is 1. The molecule has 3 nitrogen and oxygen atoms in total. The molecule has 2 aromatic rings. The largest absolute Gasteiger partial charge is 0.458 e. The molecule has 0 saturated carbocycles. The quantitative estimate of drug-likeness (QED) is 0.724. The predicted octanol–water partition coefficient (Wildman–Crippen LogP) is 4.13. The van der Waals surface area contributed by atoms with Crippen LogP contribution in [0, 0.1) is 0 Å². The molecule has 4 heteroatoms. The molecule has 2 rings (SSSR count). The van der Waals surface area contributed by atoms with Crippen molar-refractivity contribution in [3.05, 3.63) is 70.2 Å². The monoisotopic (exact) mass is 361 g/mol. The third kappa shape index (κ3) is 4.97. The first kappa shape index (κ1) is 16.7. The van der Waals surface area contributed by atoms with Gasteiger partial charge in [0.05, 0.1) is 5.56 Å². The predicted molar refractivity (Wildman–Crippen MR) is 91.8 cm³/mol. The first-order chi connectivity index (χ1) is 10.6. The lowest BCUT2D eigenvalue weighted by atomic mass is 10.2. The van der Waals surface area contributed by atoms with Crippen LogP contribution in [0.25, 0.3) is 0 Å². The van der Waals surface area contributed by atoms with Crippen molar-refractivity contribution >= 4 is 21.9 Å². The van der Waals surface area contributed by atoms with Crippen LogP contribution < -0.4 is 0 Å². The van der Waals surface area contributed by atoms with Gasteiger partial charge in [-0.25, -0.2) is 4.79 Å². The van der Waals surface area contributed by atoms with Crippen molar-refractivity contribution in [2.45, 2.75) is 19.6 Å². The molecule has 0 amide bonds. The van der Waals surface area contributed by atoms with E-state index in [0.29, 0.717) is 12.1 Å². The summed E-state index contributed by atoms with van der Waals surface area (Å²) in [6.07, 6.45) is -0.173. The van der Waals surface area contributed by atoms with E-state index in [0.717, 1.165) is 11.0 Å². The Kier molecular flexibility index (Phi) is 6.16. The summed E-state index contributed by atoms with van der Waals surface area (Å²) in [5, 5.41) is 0. The molecule has 116 valence electrons. The Hall–Kier alpha value is -1.65. The van der Waals surface area contributed by atoms with Gasteiger partial charge < -0.3 is 4.74 Å². The van der Waals surface area contributed by atoms with Crippen molar-refractivity contribution in [3.63, 3.8) is 0 Å². The van der Waals surface area contributed by atoms with Crippen LogP contribution in [0.2, 0.25) is 0 Å². The highest BCUT2D eigenvalue weighted by Crippen LogP contribution is 2.17. The summed E-state index contributed by atoms with van der Waals surface area (Å²) < 4.78 is 6.27. The van der Waals surface area contributed by atoms with Gasteiger partial charge in [0.1, 0.15) is 6.10 Å². The molecular weight excluding hydrogens is 342 g/mol. The van der Waals surface area contributed by atoms with Crippen LogP contribution in [0.4, 0.5) is 0 Å². The van der Waals surface area contributed by atoms with Crippen molar-refractivity contribution in [2.24, 2.45) is 0 Å². The van der Waals surface area contributed by atoms with Crippen molar-refractivity contribution in [3.8, 4) is 0 Å². The van der Waals surface area contributed by atoms with E-state index in [4.69, 9.17) is 4.74 Å². The summed E-state index contributed by atoms with van der Waals surface area (Å²) >= 11 is 3.37. The molecule has 0 saturated heterocycles. The van der Waals surface area contributed by atoms with Gasteiger partial charge in [0, 0.05) is 17.6 Å². The number of carbonyl (C=O) groups excluding carboxylic acids is 1. The van der Waals surface area contributed by atoms with Crippen molar-refractivity contribution in [1.29, 1.82) is 0 Å². The third-order valence-electron chi connectivity index (χ3n) is 3.27. The Morgan fingerprint density at radius 2 is 1.77 bits per heavy atom. The fourth-order valence-corrected chi connectivity index (χ4v) is 2.76. The van der Waals surface area contributed by atoms with Gasteiger partial charge in [0.25, 0.3) is 0 Å². The maximum Gasteiger partial charge on any atom is 0.339 e. The van der Waals surface area contributed by atoms with Gasteiger partial charge in [0.2, 0.25) is 0 Å². The van der Waals surface area contributed by atoms with Crippen LogP contribution >= 0.6 is 15.9 Å². The summed E-state index contributed by atoms with van der Waals surface area (Å²) in [6.45, 7) is 3.43. The number of esters is 1. The third-order valence-corrected chi connectivity index (χ3v) is 3.96. The number of rotatable bonds is 6. The smallest absolute Gasteiger partial charge is 0.339 e. The molecule has 1 unspecified atom stereocenters. The molecule has 0 aliphatic carbocycles. The van der Waals surface area contributed by atoms with Gasteiger partial charge in [-0.3, -0.25) is 4.90 Å². The second-order valence-corrected chi connectivity index (χ2v) is 6.23. The second-order valence-electron chi connectivity index (χ2n) is 5.38. The Bertz CT molecular complexity index is 615. The Balaban J connectivity index is 1.86. The normalized spacial score (nSPS) is 12.2. The Morgan fingerprint density at radius 1 is 1.14 bits per heavy atom. The molecular formula is C18H20BrNO2. The fraction of sp³-hybridized carbons (Fsp3) is 0.278. The first-order valence-corrected chi connectivity index (χ1v) is 8.03. The summed E-state index contributed by atoms with van der Waals surface area (Å²) in [7, 11) is 2.02. The highest BCUT2D eigenvalue weighted by Gasteiger charge is 2.15. The zero-order chi connectivity index (χ0) is 15.9. The van der Waals surface area contributed by atoms with Crippen molar-refractivity contribution in [2.75, 3.05) is 13.6 Å². The first-order valence-electron chi connectivity index (χ1n) is 7.24. The number of ether oxygens (including phenoxy) is 1. The molecule has 2 aromatic carbocycles. The lowest BCUT2D eigenvalue weighted by Crippen LogP contribution is -2.30. The van der Waals surface area contributed by atoms with Gasteiger partial charge in [-0.2, -0.15) is 0 Å². The Labute approximate surface area is 140 Å². The highest BCUT2D eigenvalue weighted by atomic mass is 79.9. The zero-order valence-electron chi connectivity index (χ0n) is 12.8. The van der Waals surface area contributed by atoms with E-state index in [9.17, 15) is 4.79 Å². The van der Waals surface area contributed by atoms with Crippen LogP contribution in [-0.2, 0) is 11.3 Å². The van der Waals surface area contributed by atoms with Gasteiger partial charge in [0.15, 0.2) is 0 Å². The van der Waals surface area contributed by atoms with Gasteiger partial charge in [-0.05, 0) is 47.6 Å². The number of hydrogen-bond donors (Lipinski definition) is 0. The number of benzene rings is 2. The second kappa shape index (κ2) is 8.11. The SMILES string of the molecule is CC(CN(C)Cc1ccccc1)OC(=O)c1ccccc1Br. The molecule has 1 atom stereocenters. The number of likely N-dealkylation sites (N-methyl/N-ethyl adjacent to an activating group) is 1. The maximum absolute atomic E-state index is 12.1. The van der Waals surface area contributed by atoms with E-state index in [1.165, 1.54) is 5.56 Å². The van der Waals surface area contributed by atoms with Crippen molar-refractivity contribution < 1.29 is 9.53 Å². The average molecular weight is 362 g/mol. The van der Waals surface area contributed by atoms with Crippen LogP contribution in [0.5, 0.6) is 0 Å². The lowest BCUT2D eigenvalue weighted by Gasteiger charge is -2.21. The maximum atomic E-state index is 12.1. The molecule has 0 aliphatic rings. The van der Waals surface area contributed by atoms with Crippen molar-refractivity contribution in [1.82, 2.24) is 4.90 Å². The van der Waals surface area contributed by atoms with E-state index >= 15 is 0 Å². The van der Waals surface area contributed by atoms with E-state index in [1.807, 2.05) is 50.4 Å². The molecule has 0 aromatic heterocycles. The molecule has 0 fully saturated rings. The van der Waals surface area contributed by atoms with E-state index < -0.39 is 0 Å². The van der Waals surface area contributed by atoms with E-state index in [2.05, 4.69) is 33.0 Å². The minimum absolute atomic E-state index is 0.173. The number of halogens is 1. The number of hydrogen-bond acceptors (Lipinski definition) is 3. The lowest BCUT2D eigenvalue weighted by molar-refractivity contribution is 0.0267. The zero-order valence-corrected chi connectivity index (χ0v) is 14.4. The number of nitrogens with zero attached hydrogens (tertiary/aromatic N) is 1. The fourth-order valence-electron chi connectivity index (χ4n) is 2.31. The van der Waals surface area contributed by atoms with E-state index in [-0.39, 0.29) is 12.1 Å². The molecule has 0 spiro atoms. The summed E-state index contributed by atoms with van der Waals surface area (Å²) in [6, 6.07) is 17.5. The minimum atomic E-state index is -0.298. The highest BCUT2D eigenvalue weighted by molar-refractivity contribution is 9.10. The topological polar surface area (TPSA) is 29.5 Å². The molecule has 0 bridgehead atoms. The van der Waals surface area contributed by atoms with Crippen LogP contribution in [0.15, 0.2) is 59.1 Å². The van der Waals surface area contributed by atoms with E-state index in [1.54, 1.807) is 6.07 Å². The molecule has 0 radical (unpaired) electrons. The summed E-state index contributed by atoms with van der Waals surface area (Å²) in [5.74, 6) is -0.298. The molecule has 22 heavy (non-hydrogen) atoms. The van der Waals surface area contributed by atoms with Crippen LogP contribution in [0.1, 0.15) is 22.8 Å². The Morgan fingerprint density at radius 3 is 2.45 bits per heavy atom. The average Bonchev–Trinajstić information content (AvgIpc) is 2.48. The van der Waals surface area contributed by atoms with Gasteiger partial charge >= 0.3 is 5.97 Å². The van der Waals surface area contributed by atoms with Crippen LogP contribution in [0.3, 0.4) is 0 Å². The molecule has 0 heterocycles. The summed E-state index contributed by atoms with van der Waals surface area (Å²) in [5.41, 5.74) is 1.80. The molecule has 0 aliphatic heterocycles.